The van der Waals surface area contributed by atoms with Crippen LogP contribution in [0, 0.1) is 17.0 Å². The number of sulfonamides is 1. The van der Waals surface area contributed by atoms with Gasteiger partial charge in [-0.1, -0.05) is 17.7 Å². The first-order valence-electron chi connectivity index (χ1n) is 9.61. The van der Waals surface area contributed by atoms with Crippen LogP contribution in [-0.4, -0.2) is 49.2 Å². The number of esters is 1. The SMILES string of the molecule is Cc1ccc(NC(=O)COC(=O)c2cc(S(=O)(=O)N3CCCC3)ccc2Cl)cc1[N+](=O)[O-]. The van der Waals surface area contributed by atoms with Gasteiger partial charge in [0.25, 0.3) is 11.6 Å². The van der Waals surface area contributed by atoms with Crippen LogP contribution in [-0.2, 0) is 19.6 Å². The molecule has 170 valence electrons. The fourth-order valence-corrected chi connectivity index (χ4v) is 4.93. The molecule has 1 amide bonds. The van der Waals surface area contributed by atoms with Crippen LogP contribution in [0.3, 0.4) is 0 Å². The van der Waals surface area contributed by atoms with E-state index in [2.05, 4.69) is 5.32 Å². The van der Waals surface area contributed by atoms with Gasteiger partial charge >= 0.3 is 5.97 Å². The van der Waals surface area contributed by atoms with E-state index in [1.807, 2.05) is 0 Å². The van der Waals surface area contributed by atoms with E-state index in [1.54, 1.807) is 6.92 Å². The van der Waals surface area contributed by atoms with Gasteiger partial charge in [0.1, 0.15) is 0 Å². The first-order chi connectivity index (χ1) is 15.1. The Morgan fingerprint density at radius 2 is 1.88 bits per heavy atom. The predicted octanol–water partition coefficient (Wildman–Crippen LogP) is 3.14. The van der Waals surface area contributed by atoms with Gasteiger partial charge in [0.05, 0.1) is 20.4 Å². The average Bonchev–Trinajstić information content (AvgIpc) is 3.29. The predicted molar refractivity (Wildman–Crippen MR) is 116 cm³/mol. The van der Waals surface area contributed by atoms with E-state index in [9.17, 15) is 28.1 Å². The number of ether oxygens (including phenoxy) is 1. The lowest BCUT2D eigenvalue weighted by atomic mass is 10.2. The number of halogens is 1. The van der Waals surface area contributed by atoms with Gasteiger partial charge < -0.3 is 10.1 Å². The molecule has 0 atom stereocenters. The van der Waals surface area contributed by atoms with E-state index >= 15 is 0 Å². The highest BCUT2D eigenvalue weighted by Gasteiger charge is 2.28. The second-order valence-corrected chi connectivity index (χ2v) is 9.48. The Kier molecular flexibility index (Phi) is 7.12. The molecule has 0 unspecified atom stereocenters. The van der Waals surface area contributed by atoms with Crippen LogP contribution in [0.2, 0.25) is 5.02 Å². The Labute approximate surface area is 189 Å². The van der Waals surface area contributed by atoms with Gasteiger partial charge in [0.2, 0.25) is 10.0 Å². The van der Waals surface area contributed by atoms with E-state index in [1.165, 1.54) is 34.6 Å². The highest BCUT2D eigenvalue weighted by Crippen LogP contribution is 2.26. The number of carbonyl (C=O) groups excluding carboxylic acids is 2. The van der Waals surface area contributed by atoms with Crippen molar-refractivity contribution < 1.29 is 27.7 Å². The zero-order valence-corrected chi connectivity index (χ0v) is 18.6. The number of nitro groups is 1. The molecule has 1 heterocycles. The third kappa shape index (κ3) is 5.23. The molecule has 0 aliphatic carbocycles. The van der Waals surface area contributed by atoms with Crippen LogP contribution < -0.4 is 5.32 Å². The third-order valence-electron chi connectivity index (χ3n) is 4.88. The van der Waals surface area contributed by atoms with Crippen molar-refractivity contribution in [2.24, 2.45) is 0 Å². The number of carbonyl (C=O) groups is 2. The summed E-state index contributed by atoms with van der Waals surface area (Å²) in [4.78, 5) is 34.9. The molecule has 0 bridgehead atoms. The van der Waals surface area contributed by atoms with Gasteiger partial charge in [0, 0.05) is 30.4 Å². The van der Waals surface area contributed by atoms with E-state index in [4.69, 9.17) is 16.3 Å². The quantitative estimate of drug-likeness (QED) is 0.364. The minimum Gasteiger partial charge on any atom is -0.452 e. The van der Waals surface area contributed by atoms with Crippen molar-refractivity contribution in [3.05, 3.63) is 62.7 Å². The Balaban J connectivity index is 1.68. The Bertz CT molecular complexity index is 1180. The smallest absolute Gasteiger partial charge is 0.340 e. The number of hydrogen-bond acceptors (Lipinski definition) is 7. The topological polar surface area (TPSA) is 136 Å². The molecule has 1 aliphatic rings. The van der Waals surface area contributed by atoms with Crippen molar-refractivity contribution in [1.29, 1.82) is 0 Å². The number of nitro benzene ring substituents is 1. The van der Waals surface area contributed by atoms with E-state index in [-0.39, 0.29) is 26.9 Å². The molecule has 3 rings (SSSR count). The number of nitrogens with one attached hydrogen (secondary N) is 1. The van der Waals surface area contributed by atoms with Gasteiger partial charge in [-0.2, -0.15) is 4.31 Å². The number of aryl methyl sites for hydroxylation is 1. The molecule has 1 aliphatic heterocycles. The molecule has 0 aromatic heterocycles. The van der Waals surface area contributed by atoms with Crippen LogP contribution >= 0.6 is 11.6 Å². The van der Waals surface area contributed by atoms with Gasteiger partial charge in [0.15, 0.2) is 6.61 Å². The van der Waals surface area contributed by atoms with Crippen molar-refractivity contribution in [3.63, 3.8) is 0 Å². The Morgan fingerprint density at radius 3 is 2.53 bits per heavy atom. The number of rotatable bonds is 7. The maximum Gasteiger partial charge on any atom is 0.340 e. The van der Waals surface area contributed by atoms with E-state index in [0.29, 0.717) is 18.7 Å². The summed E-state index contributed by atoms with van der Waals surface area (Å²) in [5.41, 5.74) is 0.242. The monoisotopic (exact) mass is 481 g/mol. The summed E-state index contributed by atoms with van der Waals surface area (Å²) in [6.45, 7) is 1.68. The first-order valence-corrected chi connectivity index (χ1v) is 11.4. The van der Waals surface area contributed by atoms with Gasteiger partial charge in [-0.05, 0) is 44.0 Å². The normalized spacial score (nSPS) is 14.2. The van der Waals surface area contributed by atoms with Crippen molar-refractivity contribution >= 4 is 44.9 Å². The Hall–Kier alpha value is -3.02. The third-order valence-corrected chi connectivity index (χ3v) is 7.11. The second kappa shape index (κ2) is 9.63. The number of nitrogens with zero attached hydrogens (tertiary/aromatic N) is 2. The highest BCUT2D eigenvalue weighted by atomic mass is 35.5. The molecule has 2 aromatic rings. The molecule has 10 nitrogen and oxygen atoms in total. The molecule has 1 fully saturated rings. The number of anilines is 1. The average molecular weight is 482 g/mol. The fourth-order valence-electron chi connectivity index (χ4n) is 3.19. The van der Waals surface area contributed by atoms with E-state index < -0.39 is 33.4 Å². The summed E-state index contributed by atoms with van der Waals surface area (Å²) >= 11 is 6.03. The molecule has 32 heavy (non-hydrogen) atoms. The maximum atomic E-state index is 12.7. The molecule has 12 heteroatoms. The summed E-state index contributed by atoms with van der Waals surface area (Å²) < 4.78 is 31.7. The van der Waals surface area contributed by atoms with Crippen LogP contribution in [0.5, 0.6) is 0 Å². The molecule has 0 saturated carbocycles. The lowest BCUT2D eigenvalue weighted by Crippen LogP contribution is -2.28. The van der Waals surface area contributed by atoms with Gasteiger partial charge in [-0.3, -0.25) is 14.9 Å². The zero-order valence-electron chi connectivity index (χ0n) is 17.0. The van der Waals surface area contributed by atoms with Crippen molar-refractivity contribution in [1.82, 2.24) is 4.31 Å². The summed E-state index contributed by atoms with van der Waals surface area (Å²) in [6, 6.07) is 7.87. The van der Waals surface area contributed by atoms with Gasteiger partial charge in [-0.15, -0.1) is 0 Å². The van der Waals surface area contributed by atoms with Crippen LogP contribution in [0.1, 0.15) is 28.8 Å². The molecule has 0 spiro atoms. The lowest BCUT2D eigenvalue weighted by molar-refractivity contribution is -0.385. The van der Waals surface area contributed by atoms with Crippen LogP contribution in [0.15, 0.2) is 41.3 Å². The minimum absolute atomic E-state index is 0.0232. The summed E-state index contributed by atoms with van der Waals surface area (Å²) in [6.07, 6.45) is 1.53. The number of amides is 1. The minimum atomic E-state index is -3.77. The lowest BCUT2D eigenvalue weighted by Gasteiger charge is -2.16. The number of benzene rings is 2. The highest BCUT2D eigenvalue weighted by molar-refractivity contribution is 7.89. The first kappa shape index (κ1) is 23.6. The maximum absolute atomic E-state index is 12.7. The van der Waals surface area contributed by atoms with Crippen molar-refractivity contribution in [2.75, 3.05) is 25.0 Å². The molecule has 0 radical (unpaired) electrons. The fraction of sp³-hybridized carbons (Fsp3) is 0.300. The molecule has 1 N–H and O–H groups in total. The molecular formula is C20H20ClN3O7S. The number of hydrogen-bond donors (Lipinski definition) is 1. The summed E-state index contributed by atoms with van der Waals surface area (Å²) in [5, 5.41) is 13.4. The van der Waals surface area contributed by atoms with Gasteiger partial charge in [-0.25, -0.2) is 13.2 Å². The molecule has 1 saturated heterocycles. The largest absolute Gasteiger partial charge is 0.452 e. The Morgan fingerprint density at radius 1 is 1.19 bits per heavy atom. The summed E-state index contributed by atoms with van der Waals surface area (Å²) in [7, 11) is -3.77. The van der Waals surface area contributed by atoms with Crippen molar-refractivity contribution in [3.8, 4) is 0 Å². The standard InChI is InChI=1S/C20H20ClN3O7S/c1-13-4-5-14(10-18(13)24(27)28)22-19(25)12-31-20(26)16-11-15(6-7-17(16)21)32(29,30)23-8-2-3-9-23/h4-7,10-11H,2-3,8-9,12H2,1H3,(H,22,25). The zero-order chi connectivity index (χ0) is 23.5. The van der Waals surface area contributed by atoms with E-state index in [0.717, 1.165) is 18.9 Å². The van der Waals surface area contributed by atoms with Crippen LogP contribution in [0.25, 0.3) is 0 Å². The summed E-state index contributed by atoms with van der Waals surface area (Å²) in [5.74, 6) is -1.70. The molecule has 2 aromatic carbocycles. The second-order valence-electron chi connectivity index (χ2n) is 7.14. The van der Waals surface area contributed by atoms with Crippen molar-refractivity contribution in [2.45, 2.75) is 24.7 Å². The molecular weight excluding hydrogens is 462 g/mol. The van der Waals surface area contributed by atoms with Crippen LogP contribution in [0.4, 0.5) is 11.4 Å².